The van der Waals surface area contributed by atoms with E-state index >= 15 is 0 Å². The second-order valence-electron chi connectivity index (χ2n) is 4.72. The Morgan fingerprint density at radius 3 is 3.21 bits per heavy atom. The molecular weight excluding hydrogens is 312 g/mol. The van der Waals surface area contributed by atoms with E-state index in [-0.39, 0.29) is 6.04 Å². The summed E-state index contributed by atoms with van der Waals surface area (Å²) >= 11 is 3.56. The molecule has 1 fully saturated rings. The van der Waals surface area contributed by atoms with Crippen molar-refractivity contribution in [1.29, 1.82) is 0 Å². The Hall–Kier alpha value is -0.470. The second-order valence-corrected chi connectivity index (χ2v) is 5.57. The molecule has 2 unspecified atom stereocenters. The molecule has 2 atom stereocenters. The van der Waals surface area contributed by atoms with E-state index in [1.807, 2.05) is 4.68 Å². The summed E-state index contributed by atoms with van der Waals surface area (Å²) in [5.74, 6) is 6.13. The third-order valence-electron chi connectivity index (χ3n) is 3.48. The van der Waals surface area contributed by atoms with E-state index in [9.17, 15) is 0 Å². The lowest BCUT2D eigenvalue weighted by atomic mass is 9.92. The van der Waals surface area contributed by atoms with Gasteiger partial charge in [0.05, 0.1) is 42.2 Å². The molecule has 19 heavy (non-hydrogen) atoms. The molecule has 0 saturated carbocycles. The molecule has 3 N–H and O–H groups in total. The highest BCUT2D eigenvalue weighted by molar-refractivity contribution is 9.10. The van der Waals surface area contributed by atoms with Gasteiger partial charge in [0.2, 0.25) is 0 Å². The third-order valence-corrected chi connectivity index (χ3v) is 4.09. The van der Waals surface area contributed by atoms with Crippen molar-refractivity contribution in [2.24, 2.45) is 11.8 Å². The highest BCUT2D eigenvalue weighted by Gasteiger charge is 2.29. The summed E-state index contributed by atoms with van der Waals surface area (Å²) in [7, 11) is 1.69. The van der Waals surface area contributed by atoms with Crippen LogP contribution in [0.2, 0.25) is 0 Å². The third kappa shape index (κ3) is 3.55. The summed E-state index contributed by atoms with van der Waals surface area (Å²) in [6.45, 7) is 2.91. The molecule has 2 rings (SSSR count). The number of hydrogen-bond donors (Lipinski definition) is 2. The van der Waals surface area contributed by atoms with Crippen LogP contribution in [0.3, 0.4) is 0 Å². The average molecular weight is 333 g/mol. The van der Waals surface area contributed by atoms with Crippen LogP contribution in [0.5, 0.6) is 0 Å². The van der Waals surface area contributed by atoms with E-state index in [1.165, 1.54) is 0 Å². The zero-order valence-corrected chi connectivity index (χ0v) is 12.7. The minimum atomic E-state index is 0.0361. The van der Waals surface area contributed by atoms with Gasteiger partial charge in [-0.15, -0.1) is 0 Å². The zero-order chi connectivity index (χ0) is 13.7. The van der Waals surface area contributed by atoms with Crippen molar-refractivity contribution in [2.75, 3.05) is 26.9 Å². The highest BCUT2D eigenvalue weighted by atomic mass is 79.9. The molecule has 0 radical (unpaired) electrons. The van der Waals surface area contributed by atoms with Crippen LogP contribution >= 0.6 is 15.9 Å². The van der Waals surface area contributed by atoms with E-state index in [1.54, 1.807) is 13.3 Å². The van der Waals surface area contributed by atoms with Crippen LogP contribution in [0.15, 0.2) is 10.7 Å². The molecule has 2 heterocycles. The summed E-state index contributed by atoms with van der Waals surface area (Å²) in [6, 6.07) is 0.0361. The van der Waals surface area contributed by atoms with Gasteiger partial charge in [0, 0.05) is 19.6 Å². The lowest BCUT2D eigenvalue weighted by Crippen LogP contribution is -2.38. The molecule has 1 saturated heterocycles. The van der Waals surface area contributed by atoms with Gasteiger partial charge in [-0.2, -0.15) is 5.10 Å². The second kappa shape index (κ2) is 7.35. The number of nitrogens with zero attached hydrogens (tertiary/aromatic N) is 2. The summed E-state index contributed by atoms with van der Waals surface area (Å²) in [5, 5.41) is 4.37. The van der Waals surface area contributed by atoms with Gasteiger partial charge in [0.25, 0.3) is 0 Å². The van der Waals surface area contributed by atoms with Gasteiger partial charge in [-0.25, -0.2) is 0 Å². The van der Waals surface area contributed by atoms with E-state index in [4.69, 9.17) is 15.3 Å². The number of methoxy groups -OCH3 is 1. The molecule has 1 aliphatic rings. The van der Waals surface area contributed by atoms with Gasteiger partial charge >= 0.3 is 0 Å². The predicted octanol–water partition coefficient (Wildman–Crippen LogP) is 1.22. The molecule has 0 aromatic carbocycles. The molecule has 0 bridgehead atoms. The maximum atomic E-state index is 5.76. The number of nitrogens with one attached hydrogen (secondary N) is 1. The number of halogens is 1. The van der Waals surface area contributed by atoms with Crippen molar-refractivity contribution in [3.8, 4) is 0 Å². The lowest BCUT2D eigenvalue weighted by molar-refractivity contribution is 0.0372. The molecule has 0 spiro atoms. The van der Waals surface area contributed by atoms with E-state index in [0.29, 0.717) is 19.1 Å². The fourth-order valence-electron chi connectivity index (χ4n) is 2.50. The van der Waals surface area contributed by atoms with Crippen LogP contribution in [0, 0.1) is 5.92 Å². The Balaban J connectivity index is 2.18. The smallest absolute Gasteiger partial charge is 0.0713 e. The van der Waals surface area contributed by atoms with E-state index in [0.717, 1.165) is 36.2 Å². The molecule has 0 amide bonds. The average Bonchev–Trinajstić information content (AvgIpc) is 2.80. The van der Waals surface area contributed by atoms with Gasteiger partial charge in [0.15, 0.2) is 0 Å². The van der Waals surface area contributed by atoms with Gasteiger partial charge in [0.1, 0.15) is 0 Å². The number of hydrazine groups is 1. The van der Waals surface area contributed by atoms with Crippen LogP contribution in [0.25, 0.3) is 0 Å². The first-order valence-electron chi connectivity index (χ1n) is 6.52. The fraction of sp³-hybridized carbons (Fsp3) is 0.750. The van der Waals surface area contributed by atoms with Gasteiger partial charge in [-0.05, 0) is 28.8 Å². The van der Waals surface area contributed by atoms with Gasteiger partial charge in [-0.1, -0.05) is 0 Å². The van der Waals surface area contributed by atoms with Crippen molar-refractivity contribution in [1.82, 2.24) is 15.2 Å². The van der Waals surface area contributed by atoms with Crippen LogP contribution in [-0.4, -0.2) is 36.7 Å². The Labute approximate surface area is 121 Å². The summed E-state index contributed by atoms with van der Waals surface area (Å²) in [5.41, 5.74) is 3.99. The first-order chi connectivity index (χ1) is 9.27. The van der Waals surface area contributed by atoms with Crippen LogP contribution in [0.4, 0.5) is 0 Å². The number of nitrogens with two attached hydrogens (primary N) is 1. The molecule has 108 valence electrons. The summed E-state index contributed by atoms with van der Waals surface area (Å²) in [4.78, 5) is 0. The quantitative estimate of drug-likeness (QED) is 0.605. The molecular formula is C12H21BrN4O2. The maximum Gasteiger partial charge on any atom is 0.0713 e. The topological polar surface area (TPSA) is 74.3 Å². The Bertz CT molecular complexity index is 393. The van der Waals surface area contributed by atoms with Crippen LogP contribution in [-0.2, 0) is 16.0 Å². The predicted molar refractivity (Wildman–Crippen MR) is 75.4 cm³/mol. The van der Waals surface area contributed by atoms with Crippen molar-refractivity contribution in [3.63, 3.8) is 0 Å². The number of aromatic nitrogens is 2. The molecule has 1 aromatic heterocycles. The van der Waals surface area contributed by atoms with E-state index < -0.39 is 0 Å². The van der Waals surface area contributed by atoms with Crippen LogP contribution < -0.4 is 11.3 Å². The summed E-state index contributed by atoms with van der Waals surface area (Å²) < 4.78 is 13.6. The first-order valence-corrected chi connectivity index (χ1v) is 7.31. The monoisotopic (exact) mass is 332 g/mol. The Morgan fingerprint density at radius 1 is 1.74 bits per heavy atom. The van der Waals surface area contributed by atoms with Gasteiger partial charge in [-0.3, -0.25) is 16.0 Å². The van der Waals surface area contributed by atoms with Crippen molar-refractivity contribution >= 4 is 15.9 Å². The maximum absolute atomic E-state index is 5.76. The van der Waals surface area contributed by atoms with Crippen LogP contribution in [0.1, 0.15) is 24.6 Å². The van der Waals surface area contributed by atoms with Crippen molar-refractivity contribution < 1.29 is 9.47 Å². The Kier molecular flexibility index (Phi) is 5.77. The van der Waals surface area contributed by atoms with Crippen molar-refractivity contribution in [2.45, 2.75) is 25.4 Å². The number of rotatable bonds is 6. The molecule has 7 heteroatoms. The summed E-state index contributed by atoms with van der Waals surface area (Å²) in [6.07, 6.45) is 3.99. The zero-order valence-electron chi connectivity index (χ0n) is 11.1. The normalized spacial score (nSPS) is 21.5. The molecule has 1 aromatic rings. The molecule has 6 nitrogen and oxygen atoms in total. The minimum absolute atomic E-state index is 0.0361. The fourth-order valence-corrected chi connectivity index (χ4v) is 3.05. The van der Waals surface area contributed by atoms with Crippen molar-refractivity contribution in [3.05, 3.63) is 16.4 Å². The lowest BCUT2D eigenvalue weighted by Gasteiger charge is -2.30. The highest BCUT2D eigenvalue weighted by Crippen LogP contribution is 2.32. The minimum Gasteiger partial charge on any atom is -0.383 e. The standard InChI is InChI=1S/C12H21BrN4O2/c1-18-6-4-17-12(10(13)7-15-17)11(16-14)9-3-2-5-19-8-9/h7,9,11,16H,2-6,8,14H2,1H3. The number of ether oxygens (including phenoxy) is 2. The molecule has 1 aliphatic heterocycles. The van der Waals surface area contributed by atoms with E-state index in [2.05, 4.69) is 26.5 Å². The Morgan fingerprint density at radius 2 is 2.58 bits per heavy atom. The van der Waals surface area contributed by atoms with Gasteiger partial charge < -0.3 is 9.47 Å². The largest absolute Gasteiger partial charge is 0.383 e. The first kappa shape index (κ1) is 14.9. The number of hydrogen-bond acceptors (Lipinski definition) is 5. The molecule has 0 aliphatic carbocycles. The SMILES string of the molecule is COCCn1ncc(Br)c1C(NN)C1CCCOC1.